The van der Waals surface area contributed by atoms with Gasteiger partial charge in [0, 0.05) is 24.0 Å². The van der Waals surface area contributed by atoms with Gasteiger partial charge in [0.2, 0.25) is 0 Å². The van der Waals surface area contributed by atoms with E-state index in [1.807, 2.05) is 6.92 Å². The van der Waals surface area contributed by atoms with Crippen molar-refractivity contribution in [1.29, 1.82) is 0 Å². The molecule has 0 radical (unpaired) electrons. The first-order chi connectivity index (χ1) is 16.2. The van der Waals surface area contributed by atoms with Crippen LogP contribution in [0.3, 0.4) is 0 Å². The molecule has 0 aromatic heterocycles. The zero-order valence-electron chi connectivity index (χ0n) is 21.8. The first-order valence-corrected chi connectivity index (χ1v) is 11.4. The van der Waals surface area contributed by atoms with Gasteiger partial charge in [-0.3, -0.25) is 14.4 Å². The van der Waals surface area contributed by atoms with Gasteiger partial charge >= 0.3 is 17.9 Å². The Labute approximate surface area is 209 Å². The van der Waals surface area contributed by atoms with Gasteiger partial charge in [-0.15, -0.1) is 0 Å². The molecule has 0 amide bonds. The molecular formula is C27H40O8. The first-order valence-electron chi connectivity index (χ1n) is 11.4. The molecule has 0 aromatic rings. The van der Waals surface area contributed by atoms with Gasteiger partial charge in [0.05, 0.1) is 11.3 Å². The molecule has 0 aromatic carbocycles. The average Bonchev–Trinajstić information content (AvgIpc) is 2.82. The molecule has 0 aliphatic heterocycles. The molecule has 0 spiro atoms. The Bertz CT molecular complexity index is 754. The second-order valence-corrected chi connectivity index (χ2v) is 8.52. The van der Waals surface area contributed by atoms with E-state index in [2.05, 4.69) is 26.3 Å². The normalized spacial score (nSPS) is 10.2. The summed E-state index contributed by atoms with van der Waals surface area (Å²) >= 11 is 0. The predicted octanol–water partition coefficient (Wildman–Crippen LogP) is 4.49. The Morgan fingerprint density at radius 3 is 1.43 bits per heavy atom. The molecule has 0 heterocycles. The third kappa shape index (κ3) is 16.1. The van der Waals surface area contributed by atoms with Crippen LogP contribution < -0.4 is 0 Å². The van der Waals surface area contributed by atoms with Crippen molar-refractivity contribution in [2.45, 2.75) is 60.3 Å². The molecule has 0 saturated heterocycles. The predicted molar refractivity (Wildman–Crippen MR) is 134 cm³/mol. The molecule has 0 fully saturated rings. The average molecular weight is 493 g/mol. The van der Waals surface area contributed by atoms with E-state index in [0.29, 0.717) is 25.7 Å². The van der Waals surface area contributed by atoms with E-state index in [4.69, 9.17) is 14.2 Å². The number of hydrogen-bond acceptors (Lipinski definition) is 8. The molecule has 0 bridgehead atoms. The van der Waals surface area contributed by atoms with Crippen LogP contribution in [0.5, 0.6) is 0 Å². The van der Waals surface area contributed by atoms with Crippen LogP contribution in [0.2, 0.25) is 0 Å². The van der Waals surface area contributed by atoms with E-state index in [1.54, 1.807) is 13.8 Å². The van der Waals surface area contributed by atoms with Gasteiger partial charge in [0.1, 0.15) is 19.8 Å². The maximum atomic E-state index is 11.7. The molecule has 0 aliphatic rings. The number of allylic oxidation sites excluding steroid dienone is 2. The fourth-order valence-electron chi connectivity index (χ4n) is 2.15. The van der Waals surface area contributed by atoms with Crippen LogP contribution in [0.1, 0.15) is 60.3 Å². The number of carbonyl (C=O) groups is 5. The maximum absolute atomic E-state index is 11.7. The lowest BCUT2D eigenvalue weighted by molar-refractivity contribution is -0.161. The van der Waals surface area contributed by atoms with E-state index >= 15 is 0 Å². The Hall–Kier alpha value is -3.29. The van der Waals surface area contributed by atoms with Crippen LogP contribution in [0.15, 0.2) is 49.6 Å². The fraction of sp³-hybridized carbons (Fsp3) is 0.519. The summed E-state index contributed by atoms with van der Waals surface area (Å²) in [5.74, 6) is -1.77. The lowest BCUT2D eigenvalue weighted by atomic mass is 9.88. The van der Waals surface area contributed by atoms with Gasteiger partial charge in [-0.25, -0.2) is 9.59 Å². The first kappa shape index (κ1) is 33.9. The second kappa shape index (κ2) is 18.1. The Kier molecular flexibility index (Phi) is 17.5. The minimum atomic E-state index is -0.819. The molecule has 8 heteroatoms. The van der Waals surface area contributed by atoms with Crippen molar-refractivity contribution in [2.75, 3.05) is 19.8 Å². The Morgan fingerprint density at radius 1 is 0.771 bits per heavy atom. The molecule has 0 aliphatic carbocycles. The lowest BCUT2D eigenvalue weighted by Gasteiger charge is -2.31. The summed E-state index contributed by atoms with van der Waals surface area (Å²) in [6, 6.07) is 0. The third-order valence-corrected chi connectivity index (χ3v) is 4.76. The third-order valence-electron chi connectivity index (χ3n) is 4.76. The minimum absolute atomic E-state index is 0.0122. The van der Waals surface area contributed by atoms with Crippen LogP contribution in [0.4, 0.5) is 0 Å². The largest absolute Gasteiger partial charge is 0.465 e. The quantitative estimate of drug-likeness (QED) is 0.176. The van der Waals surface area contributed by atoms with Gasteiger partial charge in [-0.2, -0.15) is 0 Å². The highest BCUT2D eigenvalue weighted by atomic mass is 16.6. The monoisotopic (exact) mass is 492 g/mol. The zero-order chi connectivity index (χ0) is 27.6. The standard InChI is InChI=1S/C18H28O6.C9H12O2/c1-8-18(9-22-15(19)12(2)3,10-23-16(20)13(4)5)11-24-17(21)14(6)7;1-3-8(10)6-5-7-9(11)4-2/h14H,2,4,8-11H2,1,3,5-7H3;3-4H,1-2,5-7H2. The molecule has 0 saturated carbocycles. The number of hydrogen-bond donors (Lipinski definition) is 0. The maximum Gasteiger partial charge on any atom is 0.333 e. The van der Waals surface area contributed by atoms with Crippen LogP contribution in [0.25, 0.3) is 0 Å². The smallest absolute Gasteiger partial charge is 0.333 e. The summed E-state index contributed by atoms with van der Waals surface area (Å²) in [6.45, 7) is 21.9. The molecule has 35 heavy (non-hydrogen) atoms. The van der Waals surface area contributed by atoms with Crippen molar-refractivity contribution in [1.82, 2.24) is 0 Å². The Balaban J connectivity index is 0. The summed E-state index contributed by atoms with van der Waals surface area (Å²) < 4.78 is 15.7. The highest BCUT2D eigenvalue weighted by Crippen LogP contribution is 2.25. The number of ether oxygens (including phenoxy) is 3. The van der Waals surface area contributed by atoms with Crippen molar-refractivity contribution in [3.63, 3.8) is 0 Å². The van der Waals surface area contributed by atoms with Crippen molar-refractivity contribution >= 4 is 29.5 Å². The summed E-state index contributed by atoms with van der Waals surface area (Å²) in [4.78, 5) is 56.3. The van der Waals surface area contributed by atoms with Gasteiger partial charge < -0.3 is 14.2 Å². The van der Waals surface area contributed by atoms with Crippen LogP contribution >= 0.6 is 0 Å². The molecular weight excluding hydrogens is 452 g/mol. The summed E-state index contributed by atoms with van der Waals surface area (Å²) in [7, 11) is 0. The second-order valence-electron chi connectivity index (χ2n) is 8.52. The van der Waals surface area contributed by atoms with E-state index in [9.17, 15) is 24.0 Å². The zero-order valence-corrected chi connectivity index (χ0v) is 21.8. The van der Waals surface area contributed by atoms with Crippen molar-refractivity contribution in [3.05, 3.63) is 49.6 Å². The lowest BCUT2D eigenvalue weighted by Crippen LogP contribution is -2.39. The number of ketones is 2. The van der Waals surface area contributed by atoms with Crippen molar-refractivity contribution in [3.8, 4) is 0 Å². The molecule has 196 valence electrons. The van der Waals surface area contributed by atoms with Gasteiger partial charge in [-0.1, -0.05) is 47.1 Å². The van der Waals surface area contributed by atoms with Crippen LogP contribution in [-0.4, -0.2) is 49.3 Å². The molecule has 0 N–H and O–H groups in total. The minimum Gasteiger partial charge on any atom is -0.465 e. The molecule has 0 atom stereocenters. The molecule has 0 rings (SSSR count). The van der Waals surface area contributed by atoms with Crippen molar-refractivity contribution < 1.29 is 38.2 Å². The summed E-state index contributed by atoms with van der Waals surface area (Å²) in [5.41, 5.74) is -0.294. The van der Waals surface area contributed by atoms with Crippen LogP contribution in [-0.2, 0) is 38.2 Å². The van der Waals surface area contributed by atoms with Crippen molar-refractivity contribution in [2.24, 2.45) is 11.3 Å². The summed E-state index contributed by atoms with van der Waals surface area (Å²) in [6.07, 6.45) is 4.43. The molecule has 8 nitrogen and oxygen atoms in total. The SMILES string of the molecule is C=C(C)C(=O)OCC(CC)(COC(=O)C(=C)C)COC(=O)C(C)C.C=CC(=O)CCCC(=O)C=C. The number of esters is 3. The van der Waals surface area contributed by atoms with E-state index in [1.165, 1.54) is 26.0 Å². The fourth-order valence-corrected chi connectivity index (χ4v) is 2.15. The van der Waals surface area contributed by atoms with E-state index in [0.717, 1.165) is 0 Å². The Morgan fingerprint density at radius 2 is 1.14 bits per heavy atom. The molecule has 0 unspecified atom stereocenters. The number of carbonyl (C=O) groups excluding carboxylic acids is 5. The van der Waals surface area contributed by atoms with Gasteiger partial charge in [-0.05, 0) is 38.8 Å². The topological polar surface area (TPSA) is 113 Å². The van der Waals surface area contributed by atoms with Gasteiger partial charge in [0.25, 0.3) is 0 Å². The van der Waals surface area contributed by atoms with Crippen LogP contribution in [0, 0.1) is 11.3 Å². The van der Waals surface area contributed by atoms with E-state index < -0.39 is 17.4 Å². The highest BCUT2D eigenvalue weighted by Gasteiger charge is 2.34. The summed E-state index contributed by atoms with van der Waals surface area (Å²) in [5, 5.41) is 0. The highest BCUT2D eigenvalue weighted by molar-refractivity contribution is 5.91. The van der Waals surface area contributed by atoms with E-state index in [-0.39, 0.29) is 54.4 Å². The van der Waals surface area contributed by atoms with Gasteiger partial charge in [0.15, 0.2) is 11.6 Å². The number of rotatable bonds is 16.